The van der Waals surface area contributed by atoms with Crippen molar-refractivity contribution < 1.29 is 9.18 Å². The summed E-state index contributed by atoms with van der Waals surface area (Å²) in [5.41, 5.74) is 0.776. The molecular weight excluding hydrogens is 267 g/mol. The van der Waals surface area contributed by atoms with Gasteiger partial charge in [0.2, 0.25) is 5.91 Å². The van der Waals surface area contributed by atoms with Crippen LogP contribution in [0, 0.1) is 17.7 Å². The lowest BCUT2D eigenvalue weighted by Crippen LogP contribution is -2.37. The Morgan fingerprint density at radius 3 is 2.71 bits per heavy atom. The van der Waals surface area contributed by atoms with Crippen LogP contribution >= 0.6 is 0 Å². The first-order valence-electron chi connectivity index (χ1n) is 7.88. The van der Waals surface area contributed by atoms with E-state index in [4.69, 9.17) is 0 Å². The third kappa shape index (κ3) is 4.27. The summed E-state index contributed by atoms with van der Waals surface area (Å²) >= 11 is 0. The van der Waals surface area contributed by atoms with Crippen molar-refractivity contribution in [3.8, 4) is 0 Å². The Bertz CT molecular complexity index is 454. The maximum atomic E-state index is 13.0. The number of carbonyl (C=O) groups excluding carboxylic acids is 1. The van der Waals surface area contributed by atoms with E-state index in [9.17, 15) is 9.18 Å². The van der Waals surface area contributed by atoms with Crippen molar-refractivity contribution in [1.82, 2.24) is 5.32 Å². The lowest BCUT2D eigenvalue weighted by atomic mass is 9.85. The topological polar surface area (TPSA) is 32.3 Å². The summed E-state index contributed by atoms with van der Waals surface area (Å²) in [6.07, 6.45) is 2.94. The fourth-order valence-electron chi connectivity index (χ4n) is 3.04. The molecule has 2 unspecified atom stereocenters. The van der Waals surface area contributed by atoms with Crippen molar-refractivity contribution in [2.75, 3.05) is 24.5 Å². The zero-order chi connectivity index (χ0) is 15.2. The minimum atomic E-state index is -0.274. The van der Waals surface area contributed by atoms with E-state index in [0.717, 1.165) is 18.8 Å². The molecular formula is C17H25FN2O. The highest BCUT2D eigenvalue weighted by atomic mass is 19.1. The highest BCUT2D eigenvalue weighted by molar-refractivity contribution is 5.93. The lowest BCUT2D eigenvalue weighted by Gasteiger charge is -2.30. The Hall–Kier alpha value is -1.42. The highest BCUT2D eigenvalue weighted by Crippen LogP contribution is 2.24. The minimum absolute atomic E-state index is 0.127. The Morgan fingerprint density at radius 2 is 2.14 bits per heavy atom. The first-order valence-corrected chi connectivity index (χ1v) is 7.88. The van der Waals surface area contributed by atoms with Crippen molar-refractivity contribution in [2.45, 2.75) is 33.1 Å². The van der Waals surface area contributed by atoms with E-state index in [2.05, 4.69) is 12.2 Å². The number of amides is 1. The number of piperidine rings is 1. The van der Waals surface area contributed by atoms with Crippen LogP contribution in [0.5, 0.6) is 0 Å². The van der Waals surface area contributed by atoms with Gasteiger partial charge in [0, 0.05) is 18.7 Å². The molecule has 1 N–H and O–H groups in total. The van der Waals surface area contributed by atoms with Gasteiger partial charge in [-0.05, 0) is 69.0 Å². The Balaban J connectivity index is 1.97. The van der Waals surface area contributed by atoms with Gasteiger partial charge in [-0.25, -0.2) is 4.39 Å². The molecule has 0 saturated carbocycles. The number of rotatable bonds is 5. The molecule has 1 fully saturated rings. The third-order valence-electron chi connectivity index (χ3n) is 4.39. The molecule has 1 aliphatic heterocycles. The van der Waals surface area contributed by atoms with Crippen LogP contribution in [-0.4, -0.2) is 25.5 Å². The number of halogens is 1. The fraction of sp³-hybridized carbons (Fsp3) is 0.588. The van der Waals surface area contributed by atoms with Gasteiger partial charge in [0.25, 0.3) is 0 Å². The van der Waals surface area contributed by atoms with E-state index in [1.807, 2.05) is 6.92 Å². The predicted molar refractivity (Wildman–Crippen MR) is 83.8 cm³/mol. The van der Waals surface area contributed by atoms with Crippen molar-refractivity contribution in [1.29, 1.82) is 0 Å². The summed E-state index contributed by atoms with van der Waals surface area (Å²) in [5.74, 6) is 0.806. The Morgan fingerprint density at radius 1 is 1.43 bits per heavy atom. The van der Waals surface area contributed by atoms with Crippen LogP contribution < -0.4 is 10.2 Å². The number of hydrogen-bond donors (Lipinski definition) is 1. The summed E-state index contributed by atoms with van der Waals surface area (Å²) in [7, 11) is 0. The fourth-order valence-corrected chi connectivity index (χ4v) is 3.04. The second kappa shape index (κ2) is 7.55. The van der Waals surface area contributed by atoms with E-state index in [1.54, 1.807) is 17.0 Å². The van der Waals surface area contributed by atoms with E-state index >= 15 is 0 Å². The van der Waals surface area contributed by atoms with Crippen LogP contribution in [0.15, 0.2) is 24.3 Å². The molecule has 0 bridgehead atoms. The molecule has 21 heavy (non-hydrogen) atoms. The van der Waals surface area contributed by atoms with Gasteiger partial charge in [-0.2, -0.15) is 0 Å². The van der Waals surface area contributed by atoms with E-state index < -0.39 is 0 Å². The molecule has 1 aliphatic rings. The minimum Gasteiger partial charge on any atom is -0.316 e. The summed E-state index contributed by atoms with van der Waals surface area (Å²) in [6.45, 7) is 6.83. The number of anilines is 1. The molecule has 3 nitrogen and oxygen atoms in total. The largest absolute Gasteiger partial charge is 0.316 e. The molecule has 1 amide bonds. The number of hydrogen-bond acceptors (Lipinski definition) is 2. The first kappa shape index (κ1) is 16.0. The molecule has 0 aliphatic carbocycles. The van der Waals surface area contributed by atoms with Crippen molar-refractivity contribution in [3.63, 3.8) is 0 Å². The van der Waals surface area contributed by atoms with E-state index in [1.165, 1.54) is 25.0 Å². The number of nitrogens with one attached hydrogen (secondary N) is 1. The molecule has 1 aromatic carbocycles. The van der Waals surface area contributed by atoms with Gasteiger partial charge in [0.05, 0.1) is 0 Å². The molecule has 2 atom stereocenters. The quantitative estimate of drug-likeness (QED) is 0.904. The molecule has 0 aromatic heterocycles. The van der Waals surface area contributed by atoms with Crippen LogP contribution in [0.2, 0.25) is 0 Å². The molecule has 1 aromatic rings. The van der Waals surface area contributed by atoms with Gasteiger partial charge >= 0.3 is 0 Å². The average molecular weight is 292 g/mol. The molecule has 1 heterocycles. The predicted octanol–water partition coefficient (Wildman–Crippen LogP) is 3.20. The average Bonchev–Trinajstić information content (AvgIpc) is 2.50. The van der Waals surface area contributed by atoms with Crippen molar-refractivity contribution >= 4 is 11.6 Å². The maximum absolute atomic E-state index is 13.0. The van der Waals surface area contributed by atoms with Gasteiger partial charge in [0.15, 0.2) is 0 Å². The zero-order valence-electron chi connectivity index (χ0n) is 12.9. The van der Waals surface area contributed by atoms with Crippen LogP contribution in [0.4, 0.5) is 10.1 Å². The summed E-state index contributed by atoms with van der Waals surface area (Å²) in [6, 6.07) is 6.15. The Labute approximate surface area is 126 Å². The van der Waals surface area contributed by atoms with Crippen LogP contribution in [0.25, 0.3) is 0 Å². The standard InChI is InChI=1S/C17H25FN2O/c1-3-20(16-8-6-15(18)7-9-16)17(21)11-13(2)14-5-4-10-19-12-14/h6-9,13-14,19H,3-5,10-12H2,1-2H3. The summed E-state index contributed by atoms with van der Waals surface area (Å²) < 4.78 is 13.0. The molecule has 116 valence electrons. The van der Waals surface area contributed by atoms with Crippen molar-refractivity contribution in [2.24, 2.45) is 11.8 Å². The second-order valence-corrected chi connectivity index (χ2v) is 5.90. The van der Waals surface area contributed by atoms with Gasteiger partial charge in [-0.15, -0.1) is 0 Å². The van der Waals surface area contributed by atoms with Crippen LogP contribution in [0.3, 0.4) is 0 Å². The Kier molecular flexibility index (Phi) is 5.74. The summed E-state index contributed by atoms with van der Waals surface area (Å²) in [4.78, 5) is 14.3. The third-order valence-corrected chi connectivity index (χ3v) is 4.39. The van der Waals surface area contributed by atoms with E-state index in [-0.39, 0.29) is 11.7 Å². The van der Waals surface area contributed by atoms with Gasteiger partial charge in [0.1, 0.15) is 5.82 Å². The lowest BCUT2D eigenvalue weighted by molar-refractivity contribution is -0.119. The van der Waals surface area contributed by atoms with Crippen LogP contribution in [-0.2, 0) is 4.79 Å². The second-order valence-electron chi connectivity index (χ2n) is 5.90. The highest BCUT2D eigenvalue weighted by Gasteiger charge is 2.24. The van der Waals surface area contributed by atoms with Gasteiger partial charge in [-0.3, -0.25) is 4.79 Å². The number of nitrogens with zero attached hydrogens (tertiary/aromatic N) is 1. The monoisotopic (exact) mass is 292 g/mol. The SMILES string of the molecule is CCN(C(=O)CC(C)C1CCCNC1)c1ccc(F)cc1. The smallest absolute Gasteiger partial charge is 0.227 e. The van der Waals surface area contributed by atoms with Crippen LogP contribution in [0.1, 0.15) is 33.1 Å². The van der Waals surface area contributed by atoms with Gasteiger partial charge in [-0.1, -0.05) is 6.92 Å². The molecule has 1 saturated heterocycles. The molecule has 4 heteroatoms. The number of benzene rings is 1. The molecule has 0 radical (unpaired) electrons. The molecule has 0 spiro atoms. The maximum Gasteiger partial charge on any atom is 0.227 e. The van der Waals surface area contributed by atoms with Gasteiger partial charge < -0.3 is 10.2 Å². The molecule has 2 rings (SSSR count). The number of carbonyl (C=O) groups is 1. The van der Waals surface area contributed by atoms with E-state index in [0.29, 0.717) is 24.8 Å². The normalized spacial score (nSPS) is 20.0. The summed E-state index contributed by atoms with van der Waals surface area (Å²) in [5, 5.41) is 3.40. The zero-order valence-corrected chi connectivity index (χ0v) is 12.9. The first-order chi connectivity index (χ1) is 10.1. The van der Waals surface area contributed by atoms with Crippen molar-refractivity contribution in [3.05, 3.63) is 30.1 Å².